The predicted molar refractivity (Wildman–Crippen MR) is 131 cm³/mol. The van der Waals surface area contributed by atoms with Crippen molar-refractivity contribution in [3.63, 3.8) is 0 Å². The third-order valence-electron chi connectivity index (χ3n) is 7.16. The maximum absolute atomic E-state index is 12.9. The van der Waals surface area contributed by atoms with Crippen LogP contribution in [0.25, 0.3) is 0 Å². The van der Waals surface area contributed by atoms with Crippen molar-refractivity contribution in [2.75, 3.05) is 16.3 Å². The highest BCUT2D eigenvalue weighted by Gasteiger charge is 2.50. The van der Waals surface area contributed by atoms with E-state index in [2.05, 4.69) is 6.92 Å². The van der Waals surface area contributed by atoms with Gasteiger partial charge in [-0.25, -0.2) is 0 Å². The molecule has 0 aromatic heterocycles. The van der Waals surface area contributed by atoms with Gasteiger partial charge in [-0.2, -0.15) is 0 Å². The van der Waals surface area contributed by atoms with E-state index in [1.807, 2.05) is 0 Å². The fourth-order valence-corrected chi connectivity index (χ4v) is 5.68. The normalized spacial score (nSPS) is 26.3. The fraction of sp³-hybridized carbons (Fsp3) is 0.385. The summed E-state index contributed by atoms with van der Waals surface area (Å²) in [7, 11) is 0. The Bertz CT molecular complexity index is 1210. The van der Waals surface area contributed by atoms with Gasteiger partial charge in [-0.1, -0.05) is 30.1 Å². The Morgan fingerprint density at radius 2 is 1.69 bits per heavy atom. The van der Waals surface area contributed by atoms with Crippen molar-refractivity contribution in [3.05, 3.63) is 52.5 Å². The summed E-state index contributed by atoms with van der Waals surface area (Å²) in [6.07, 6.45) is 2.42. The Kier molecular flexibility index (Phi) is 6.32. The first-order valence-electron chi connectivity index (χ1n) is 11.7. The molecule has 3 amide bonds. The van der Waals surface area contributed by atoms with Gasteiger partial charge in [0.25, 0.3) is 0 Å². The van der Waals surface area contributed by atoms with Gasteiger partial charge in [0.1, 0.15) is 5.75 Å². The molecule has 3 aliphatic rings. The smallest absolute Gasteiger partial charge is 0.316 e. The standard InChI is InChI=1S/C26H24Cl2N2O5/c1-14-2-8-19-20(10-14)25(33)30(24(19)32)17-4-6-18(7-5-17)35-26(34)15-11-23(31)29(13-15)22-12-16(27)3-9-21(22)28/h3-7,9,12,14-15,19-20H,2,8,10-11,13H2,1H3/t14-,15-,19+,20+/m1/s1. The number of benzene rings is 2. The second-order valence-electron chi connectivity index (χ2n) is 9.56. The molecule has 1 saturated carbocycles. The van der Waals surface area contributed by atoms with Crippen LogP contribution in [0.4, 0.5) is 11.4 Å². The van der Waals surface area contributed by atoms with E-state index in [1.54, 1.807) is 42.5 Å². The average molecular weight is 515 g/mol. The van der Waals surface area contributed by atoms with Gasteiger partial charge in [-0.15, -0.1) is 0 Å². The van der Waals surface area contributed by atoms with Gasteiger partial charge >= 0.3 is 5.97 Å². The lowest BCUT2D eigenvalue weighted by Crippen LogP contribution is -2.30. The van der Waals surface area contributed by atoms with Crippen LogP contribution in [0, 0.1) is 23.7 Å². The van der Waals surface area contributed by atoms with Crippen LogP contribution < -0.4 is 14.5 Å². The maximum Gasteiger partial charge on any atom is 0.316 e. The van der Waals surface area contributed by atoms with Crippen molar-refractivity contribution in [2.24, 2.45) is 23.7 Å². The van der Waals surface area contributed by atoms with Crippen molar-refractivity contribution < 1.29 is 23.9 Å². The molecule has 2 heterocycles. The molecule has 0 spiro atoms. The number of hydrogen-bond acceptors (Lipinski definition) is 5. The first-order valence-corrected chi connectivity index (χ1v) is 12.4. The van der Waals surface area contributed by atoms with E-state index < -0.39 is 11.9 Å². The molecule has 5 rings (SSSR count). The lowest BCUT2D eigenvalue weighted by molar-refractivity contribution is -0.139. The quantitative estimate of drug-likeness (QED) is 0.330. The maximum atomic E-state index is 12.9. The number of carbonyl (C=O) groups excluding carboxylic acids is 4. The van der Waals surface area contributed by atoms with Crippen LogP contribution in [0.2, 0.25) is 10.0 Å². The Labute approximate surface area is 212 Å². The Morgan fingerprint density at radius 3 is 2.43 bits per heavy atom. The summed E-state index contributed by atoms with van der Waals surface area (Å²) in [5.41, 5.74) is 0.929. The zero-order valence-corrected chi connectivity index (χ0v) is 20.6. The van der Waals surface area contributed by atoms with Crippen LogP contribution in [-0.4, -0.2) is 30.2 Å². The van der Waals surface area contributed by atoms with Crippen LogP contribution in [0.5, 0.6) is 5.75 Å². The van der Waals surface area contributed by atoms with E-state index in [4.69, 9.17) is 27.9 Å². The summed E-state index contributed by atoms with van der Waals surface area (Å²) in [5, 5.41) is 0.805. The topological polar surface area (TPSA) is 84.0 Å². The highest BCUT2D eigenvalue weighted by Crippen LogP contribution is 2.42. The number of carbonyl (C=O) groups is 4. The molecule has 2 aromatic rings. The molecule has 0 radical (unpaired) electrons. The third kappa shape index (κ3) is 4.43. The van der Waals surface area contributed by atoms with Gasteiger partial charge in [0.15, 0.2) is 0 Å². The van der Waals surface area contributed by atoms with Crippen molar-refractivity contribution in [2.45, 2.75) is 32.6 Å². The number of imide groups is 1. The molecule has 1 aliphatic carbocycles. The predicted octanol–water partition coefficient (Wildman–Crippen LogP) is 4.88. The van der Waals surface area contributed by atoms with Crippen molar-refractivity contribution in [1.82, 2.24) is 0 Å². The summed E-state index contributed by atoms with van der Waals surface area (Å²) in [4.78, 5) is 53.8. The van der Waals surface area contributed by atoms with Gasteiger partial charge in [0.2, 0.25) is 17.7 Å². The first kappa shape index (κ1) is 23.8. The zero-order valence-electron chi connectivity index (χ0n) is 19.1. The van der Waals surface area contributed by atoms with Crippen molar-refractivity contribution in [3.8, 4) is 5.75 Å². The Hall–Kier alpha value is -2.90. The number of nitrogens with zero attached hydrogens (tertiary/aromatic N) is 2. The van der Waals surface area contributed by atoms with E-state index in [-0.39, 0.29) is 48.3 Å². The van der Waals surface area contributed by atoms with E-state index in [0.29, 0.717) is 27.3 Å². The number of amides is 3. The molecule has 0 unspecified atom stereocenters. The average Bonchev–Trinajstić information content (AvgIpc) is 3.33. The van der Waals surface area contributed by atoms with Crippen LogP contribution in [-0.2, 0) is 19.2 Å². The van der Waals surface area contributed by atoms with Crippen LogP contribution in [0.1, 0.15) is 32.6 Å². The summed E-state index contributed by atoms with van der Waals surface area (Å²) < 4.78 is 5.50. The van der Waals surface area contributed by atoms with Gasteiger partial charge < -0.3 is 9.64 Å². The molecule has 0 N–H and O–H groups in total. The Balaban J connectivity index is 1.25. The monoisotopic (exact) mass is 514 g/mol. The fourth-order valence-electron chi connectivity index (χ4n) is 5.30. The van der Waals surface area contributed by atoms with Crippen LogP contribution in [0.3, 0.4) is 0 Å². The molecule has 182 valence electrons. The minimum Gasteiger partial charge on any atom is -0.426 e. The van der Waals surface area contributed by atoms with Gasteiger partial charge in [0.05, 0.1) is 34.2 Å². The molecule has 2 aromatic carbocycles. The summed E-state index contributed by atoms with van der Waals surface area (Å²) in [5.74, 6) is -1.54. The third-order valence-corrected chi connectivity index (χ3v) is 7.71. The van der Waals surface area contributed by atoms with E-state index in [9.17, 15) is 19.2 Å². The number of anilines is 2. The Morgan fingerprint density at radius 1 is 0.971 bits per heavy atom. The summed E-state index contributed by atoms with van der Waals surface area (Å²) in [6.45, 7) is 2.24. The summed E-state index contributed by atoms with van der Waals surface area (Å²) >= 11 is 12.2. The largest absolute Gasteiger partial charge is 0.426 e. The molecule has 3 fully saturated rings. The minimum atomic E-state index is -0.663. The van der Waals surface area contributed by atoms with Gasteiger partial charge in [0, 0.05) is 18.0 Å². The molecule has 7 nitrogen and oxygen atoms in total. The van der Waals surface area contributed by atoms with Gasteiger partial charge in [-0.3, -0.25) is 24.1 Å². The number of ether oxygens (including phenoxy) is 1. The minimum absolute atomic E-state index is 0.00224. The second-order valence-corrected chi connectivity index (χ2v) is 10.4. The number of hydrogen-bond donors (Lipinski definition) is 0. The second kappa shape index (κ2) is 9.28. The SMILES string of the molecule is C[C@@H]1CC[C@@H]2C(=O)N(c3ccc(OC(=O)[C@@H]4CC(=O)N(c5cc(Cl)ccc5Cl)C4)cc3)C(=O)[C@H]2C1. The van der Waals surface area contributed by atoms with Crippen molar-refractivity contribution in [1.29, 1.82) is 0 Å². The lowest BCUT2D eigenvalue weighted by Gasteiger charge is -2.25. The van der Waals surface area contributed by atoms with Crippen LogP contribution in [0.15, 0.2) is 42.5 Å². The zero-order chi connectivity index (χ0) is 24.9. The van der Waals surface area contributed by atoms with Crippen molar-refractivity contribution >= 4 is 58.3 Å². The summed E-state index contributed by atoms with van der Waals surface area (Å²) in [6, 6.07) is 11.1. The number of halogens is 2. The molecule has 9 heteroatoms. The highest BCUT2D eigenvalue weighted by molar-refractivity contribution is 6.36. The molecular weight excluding hydrogens is 491 g/mol. The van der Waals surface area contributed by atoms with Gasteiger partial charge in [-0.05, 0) is 67.6 Å². The molecule has 35 heavy (non-hydrogen) atoms. The first-order chi connectivity index (χ1) is 16.7. The molecule has 0 bridgehead atoms. The number of esters is 1. The molecule has 2 saturated heterocycles. The highest BCUT2D eigenvalue weighted by atomic mass is 35.5. The van der Waals surface area contributed by atoms with E-state index in [0.717, 1.165) is 19.3 Å². The molecule has 4 atom stereocenters. The van der Waals surface area contributed by atoms with E-state index >= 15 is 0 Å². The number of rotatable bonds is 4. The van der Waals surface area contributed by atoms with E-state index in [1.165, 1.54) is 9.80 Å². The molecular formula is C26H24Cl2N2O5. The molecule has 2 aliphatic heterocycles. The lowest BCUT2D eigenvalue weighted by atomic mass is 9.76. The van der Waals surface area contributed by atoms with Crippen LogP contribution >= 0.6 is 23.2 Å². The number of fused-ring (bicyclic) bond motifs is 1.